The van der Waals surface area contributed by atoms with E-state index in [-0.39, 0.29) is 11.9 Å². The number of piperidine rings is 1. The van der Waals surface area contributed by atoms with Crippen molar-refractivity contribution in [2.75, 3.05) is 33.3 Å². The highest BCUT2D eigenvalue weighted by molar-refractivity contribution is 5.92. The predicted octanol–water partition coefficient (Wildman–Crippen LogP) is 2.36. The number of aromatic nitrogens is 3. The summed E-state index contributed by atoms with van der Waals surface area (Å²) in [7, 11) is 1.69. The van der Waals surface area contributed by atoms with Crippen molar-refractivity contribution in [2.45, 2.75) is 38.3 Å². The molecule has 1 aromatic carbocycles. The molecule has 4 rings (SSSR count). The maximum Gasteiger partial charge on any atom is 0.276 e. The molecule has 0 N–H and O–H groups in total. The lowest BCUT2D eigenvalue weighted by molar-refractivity contribution is 0.0787. The maximum atomic E-state index is 12.5. The number of carbonyl (C=O) groups excluding carboxylic acids is 1. The third kappa shape index (κ3) is 4.13. The van der Waals surface area contributed by atoms with Crippen molar-refractivity contribution in [1.29, 1.82) is 0 Å². The Kier molecular flexibility index (Phi) is 5.38. The highest BCUT2D eigenvalue weighted by Gasteiger charge is 2.26. The van der Waals surface area contributed by atoms with Gasteiger partial charge in [-0.2, -0.15) is 0 Å². The molecule has 0 aliphatic carbocycles. The molecule has 2 aromatic rings. The molecular formula is C20H27N5O2. The van der Waals surface area contributed by atoms with Crippen LogP contribution in [0.4, 0.5) is 0 Å². The number of likely N-dealkylation sites (tertiary alicyclic amines) is 2. The van der Waals surface area contributed by atoms with Gasteiger partial charge in [-0.1, -0.05) is 17.3 Å². The van der Waals surface area contributed by atoms with Crippen LogP contribution in [-0.4, -0.2) is 64.0 Å². The molecule has 0 saturated carbocycles. The topological polar surface area (TPSA) is 63.5 Å². The summed E-state index contributed by atoms with van der Waals surface area (Å²) in [5.41, 5.74) is 1.75. The van der Waals surface area contributed by atoms with Crippen LogP contribution < -0.4 is 4.74 Å². The van der Waals surface area contributed by atoms with Gasteiger partial charge < -0.3 is 9.64 Å². The molecule has 7 nitrogen and oxygen atoms in total. The lowest BCUT2D eigenvalue weighted by Gasteiger charge is -2.32. The molecule has 2 fully saturated rings. The smallest absolute Gasteiger partial charge is 0.276 e. The van der Waals surface area contributed by atoms with Crippen LogP contribution in [0.25, 0.3) is 0 Å². The zero-order chi connectivity index (χ0) is 18.6. The Bertz CT molecular complexity index is 767. The highest BCUT2D eigenvalue weighted by Crippen LogP contribution is 2.23. The summed E-state index contributed by atoms with van der Waals surface area (Å²) in [6.45, 7) is 4.59. The molecule has 7 heteroatoms. The molecule has 2 saturated heterocycles. The number of carbonyl (C=O) groups is 1. The molecule has 0 unspecified atom stereocenters. The molecule has 2 aliphatic heterocycles. The number of benzene rings is 1. The Morgan fingerprint density at radius 3 is 2.67 bits per heavy atom. The van der Waals surface area contributed by atoms with Gasteiger partial charge in [-0.05, 0) is 49.9 Å². The van der Waals surface area contributed by atoms with Gasteiger partial charge in [0.1, 0.15) is 5.75 Å². The van der Waals surface area contributed by atoms with E-state index in [1.807, 2.05) is 27.9 Å². The predicted molar refractivity (Wildman–Crippen MR) is 102 cm³/mol. The van der Waals surface area contributed by atoms with E-state index in [0.717, 1.165) is 64.2 Å². The third-order valence-electron chi connectivity index (χ3n) is 5.54. The van der Waals surface area contributed by atoms with E-state index in [1.54, 1.807) is 7.11 Å². The minimum atomic E-state index is 0.0182. The van der Waals surface area contributed by atoms with E-state index in [0.29, 0.717) is 5.69 Å². The van der Waals surface area contributed by atoms with Crippen LogP contribution in [0.3, 0.4) is 0 Å². The zero-order valence-corrected chi connectivity index (χ0v) is 15.9. The van der Waals surface area contributed by atoms with Crippen LogP contribution in [0.2, 0.25) is 0 Å². The summed E-state index contributed by atoms with van der Waals surface area (Å²) in [6, 6.07) is 8.51. The first-order chi connectivity index (χ1) is 13.2. The Balaban J connectivity index is 1.38. The summed E-state index contributed by atoms with van der Waals surface area (Å²) in [4.78, 5) is 16.8. The van der Waals surface area contributed by atoms with Gasteiger partial charge in [0, 0.05) is 26.2 Å². The first kappa shape index (κ1) is 18.0. The monoisotopic (exact) mass is 369 g/mol. The molecule has 1 atom stereocenters. The van der Waals surface area contributed by atoms with Crippen LogP contribution in [0, 0.1) is 0 Å². The van der Waals surface area contributed by atoms with Gasteiger partial charge in [0.25, 0.3) is 5.91 Å². The van der Waals surface area contributed by atoms with Gasteiger partial charge in [-0.15, -0.1) is 5.10 Å². The van der Waals surface area contributed by atoms with E-state index in [9.17, 15) is 4.79 Å². The Morgan fingerprint density at radius 2 is 1.93 bits per heavy atom. The van der Waals surface area contributed by atoms with E-state index in [4.69, 9.17) is 4.74 Å². The molecule has 3 heterocycles. The standard InChI is InChI=1S/C20H27N5O2/c1-27-18-8-6-16(7-9-18)13-23-10-4-5-17(14-23)25-15-19(21-22-25)20(26)24-11-2-3-12-24/h6-9,15,17H,2-5,10-14H2,1H3/t17-/m1/s1. The van der Waals surface area contributed by atoms with Crippen molar-refractivity contribution < 1.29 is 9.53 Å². The van der Waals surface area contributed by atoms with Gasteiger partial charge in [0.05, 0.1) is 19.3 Å². The summed E-state index contributed by atoms with van der Waals surface area (Å²) in [5, 5.41) is 8.43. The van der Waals surface area contributed by atoms with Crippen LogP contribution >= 0.6 is 0 Å². The molecule has 1 amide bonds. The molecular weight excluding hydrogens is 342 g/mol. The number of hydrogen-bond donors (Lipinski definition) is 0. The van der Waals surface area contributed by atoms with Crippen molar-refractivity contribution in [1.82, 2.24) is 24.8 Å². The lowest BCUT2D eigenvalue weighted by Crippen LogP contribution is -2.36. The number of ether oxygens (including phenoxy) is 1. The Labute approximate surface area is 159 Å². The van der Waals surface area contributed by atoms with Gasteiger partial charge >= 0.3 is 0 Å². The van der Waals surface area contributed by atoms with Crippen molar-refractivity contribution >= 4 is 5.91 Å². The highest BCUT2D eigenvalue weighted by atomic mass is 16.5. The van der Waals surface area contributed by atoms with Gasteiger partial charge in [0.2, 0.25) is 0 Å². The Hall–Kier alpha value is -2.41. The minimum Gasteiger partial charge on any atom is -0.497 e. The molecule has 0 radical (unpaired) electrons. The second kappa shape index (κ2) is 8.08. The lowest BCUT2D eigenvalue weighted by atomic mass is 10.0. The molecule has 144 valence electrons. The van der Waals surface area contributed by atoms with E-state index >= 15 is 0 Å². The summed E-state index contributed by atoms with van der Waals surface area (Å²) in [5.74, 6) is 0.901. The molecule has 2 aliphatic rings. The third-order valence-corrected chi connectivity index (χ3v) is 5.54. The normalized spacial score (nSPS) is 20.8. The number of hydrogen-bond acceptors (Lipinski definition) is 5. The van der Waals surface area contributed by atoms with Crippen LogP contribution in [0.15, 0.2) is 30.5 Å². The average molecular weight is 369 g/mol. The van der Waals surface area contributed by atoms with E-state index in [2.05, 4.69) is 27.3 Å². The number of nitrogens with zero attached hydrogens (tertiary/aromatic N) is 5. The van der Waals surface area contributed by atoms with Crippen molar-refractivity contribution in [3.8, 4) is 5.75 Å². The first-order valence-corrected chi connectivity index (χ1v) is 9.79. The largest absolute Gasteiger partial charge is 0.497 e. The molecule has 27 heavy (non-hydrogen) atoms. The Morgan fingerprint density at radius 1 is 1.15 bits per heavy atom. The van der Waals surface area contributed by atoms with E-state index in [1.165, 1.54) is 5.56 Å². The van der Waals surface area contributed by atoms with Crippen molar-refractivity contribution in [2.24, 2.45) is 0 Å². The molecule has 0 bridgehead atoms. The quantitative estimate of drug-likeness (QED) is 0.810. The second-order valence-corrected chi connectivity index (χ2v) is 7.46. The SMILES string of the molecule is COc1ccc(CN2CCC[C@@H](n3cc(C(=O)N4CCCC4)nn3)C2)cc1. The second-order valence-electron chi connectivity index (χ2n) is 7.46. The summed E-state index contributed by atoms with van der Waals surface area (Å²) in [6.07, 6.45) is 6.20. The van der Waals surface area contributed by atoms with Crippen LogP contribution in [-0.2, 0) is 6.54 Å². The van der Waals surface area contributed by atoms with Crippen molar-refractivity contribution in [3.63, 3.8) is 0 Å². The van der Waals surface area contributed by atoms with Crippen LogP contribution in [0.5, 0.6) is 5.75 Å². The molecule has 1 aromatic heterocycles. The fraction of sp³-hybridized carbons (Fsp3) is 0.550. The number of methoxy groups -OCH3 is 1. The molecule has 0 spiro atoms. The minimum absolute atomic E-state index is 0.0182. The fourth-order valence-electron chi connectivity index (χ4n) is 4.02. The first-order valence-electron chi connectivity index (χ1n) is 9.79. The van der Waals surface area contributed by atoms with Gasteiger partial charge in [-0.25, -0.2) is 4.68 Å². The summed E-state index contributed by atoms with van der Waals surface area (Å²) >= 11 is 0. The number of rotatable bonds is 5. The van der Waals surface area contributed by atoms with Gasteiger partial charge in [-0.3, -0.25) is 9.69 Å². The fourth-order valence-corrected chi connectivity index (χ4v) is 4.02. The summed E-state index contributed by atoms with van der Waals surface area (Å²) < 4.78 is 7.12. The van der Waals surface area contributed by atoms with E-state index < -0.39 is 0 Å². The number of amides is 1. The van der Waals surface area contributed by atoms with Crippen molar-refractivity contribution in [3.05, 3.63) is 41.7 Å². The maximum absolute atomic E-state index is 12.5. The van der Waals surface area contributed by atoms with Crippen LogP contribution in [0.1, 0.15) is 47.8 Å². The van der Waals surface area contributed by atoms with Gasteiger partial charge in [0.15, 0.2) is 5.69 Å². The average Bonchev–Trinajstić information content (AvgIpc) is 3.41. The zero-order valence-electron chi connectivity index (χ0n) is 15.9.